The maximum Gasteiger partial charge on any atom is 0.412 e. The Bertz CT molecular complexity index is 2460. The third-order valence-electron chi connectivity index (χ3n) is 12.9. The van der Waals surface area contributed by atoms with E-state index in [1.807, 2.05) is 43.3 Å². The van der Waals surface area contributed by atoms with Crippen LogP contribution in [0.1, 0.15) is 80.0 Å². The fraction of sp³-hybridized carbons (Fsp3) is 0.377. The zero-order chi connectivity index (χ0) is 48.0. The van der Waals surface area contributed by atoms with Gasteiger partial charge in [0.25, 0.3) is 5.69 Å². The van der Waals surface area contributed by atoms with Crippen LogP contribution in [0, 0.1) is 33.7 Å². The molecule has 1 fully saturated rings. The van der Waals surface area contributed by atoms with Gasteiger partial charge in [0.05, 0.1) is 23.2 Å². The zero-order valence-electron chi connectivity index (χ0n) is 38.2. The highest BCUT2D eigenvalue weighted by Gasteiger charge is 2.65. The number of ether oxygens (including phenoxy) is 3. The van der Waals surface area contributed by atoms with Gasteiger partial charge >= 0.3 is 6.09 Å². The smallest absolute Gasteiger partial charge is 0.412 e. The molecule has 2 amide bonds. The first-order chi connectivity index (χ1) is 33.1. The molecule has 0 radical (unpaired) electrons. The highest BCUT2D eigenvalue weighted by Crippen LogP contribution is 2.62. The first-order valence-corrected chi connectivity index (χ1v) is 23.3. The van der Waals surface area contributed by atoms with Crippen LogP contribution >= 0.6 is 0 Å². The Morgan fingerprint density at radius 1 is 0.985 bits per heavy atom. The van der Waals surface area contributed by atoms with E-state index in [0.717, 1.165) is 29.5 Å². The summed E-state index contributed by atoms with van der Waals surface area (Å²) in [5.74, 6) is -2.93. The quantitative estimate of drug-likeness (QED) is 0.0226. The van der Waals surface area contributed by atoms with Gasteiger partial charge in [-0.2, -0.15) is 0 Å². The maximum atomic E-state index is 15.0. The molecule has 68 heavy (non-hydrogen) atoms. The van der Waals surface area contributed by atoms with Crippen molar-refractivity contribution in [3.63, 3.8) is 0 Å². The van der Waals surface area contributed by atoms with Crippen molar-refractivity contribution < 1.29 is 48.2 Å². The average molecular weight is 931 g/mol. The van der Waals surface area contributed by atoms with Gasteiger partial charge in [-0.05, 0) is 115 Å². The van der Waals surface area contributed by atoms with E-state index in [4.69, 9.17) is 24.2 Å². The lowest BCUT2D eigenvalue weighted by atomic mass is 9.55. The molecule has 1 saturated carbocycles. The second-order valence-corrected chi connectivity index (χ2v) is 17.2. The lowest BCUT2D eigenvalue weighted by molar-refractivity contribution is -0.384. The van der Waals surface area contributed by atoms with Crippen LogP contribution in [0.15, 0.2) is 133 Å². The summed E-state index contributed by atoms with van der Waals surface area (Å²) in [5, 5.41) is 38.9. The summed E-state index contributed by atoms with van der Waals surface area (Å²) in [6.07, 6.45) is 10.3. The summed E-state index contributed by atoms with van der Waals surface area (Å²) in [5.41, 5.74) is 4.16. The molecule has 2 aliphatic carbocycles. The average Bonchev–Trinajstić information content (AvgIpc) is 3.35. The van der Waals surface area contributed by atoms with Gasteiger partial charge in [0.1, 0.15) is 30.0 Å². The van der Waals surface area contributed by atoms with E-state index in [-0.39, 0.29) is 63.5 Å². The number of nitro groups is 1. The Balaban J connectivity index is 1.40. The number of nitrogens with one attached hydrogen (secondary N) is 1. The summed E-state index contributed by atoms with van der Waals surface area (Å²) in [6.45, 7) is 6.43. The number of oxime groups is 1. The highest BCUT2D eigenvalue weighted by atomic mass is 19.1. The molecule has 15 heteroatoms. The SMILES string of the molecule is C=CCO[C@@]12Oc3ccc(OC(=O)NCc4ccccc4)cc3[C@H]3[C@H](CCCCO)[C@@H](CCCCO)C=C(C(=NOCC)C[C@@H]1N(Cc1ccc(F)cc1)C(=O)C=Cc1ccc([N+](=O)[O-])cc1)[C@H]32. The van der Waals surface area contributed by atoms with Crippen molar-refractivity contribution in [3.05, 3.63) is 166 Å². The molecule has 0 saturated heterocycles. The fourth-order valence-corrected chi connectivity index (χ4v) is 9.87. The third kappa shape index (κ3) is 11.5. The molecule has 3 N–H and O–H groups in total. The molecule has 0 bridgehead atoms. The van der Waals surface area contributed by atoms with Crippen molar-refractivity contribution in [3.8, 4) is 11.5 Å². The van der Waals surface area contributed by atoms with Crippen molar-refractivity contribution in [2.45, 2.75) is 82.7 Å². The molecule has 6 atom stereocenters. The molecule has 7 rings (SSSR count). The molecule has 4 aromatic carbocycles. The number of aliphatic hydroxyl groups excluding tert-OH is 2. The van der Waals surface area contributed by atoms with E-state index in [1.54, 1.807) is 53.5 Å². The van der Waals surface area contributed by atoms with E-state index in [2.05, 4.69) is 18.0 Å². The maximum absolute atomic E-state index is 15.0. The van der Waals surface area contributed by atoms with E-state index < -0.39 is 46.4 Å². The van der Waals surface area contributed by atoms with Crippen LogP contribution in [-0.4, -0.2) is 76.0 Å². The van der Waals surface area contributed by atoms with Crippen LogP contribution < -0.4 is 14.8 Å². The van der Waals surface area contributed by atoms with Gasteiger partial charge in [0.2, 0.25) is 11.7 Å². The molecule has 0 spiro atoms. The molecule has 1 heterocycles. The predicted molar refractivity (Wildman–Crippen MR) is 255 cm³/mol. The van der Waals surface area contributed by atoms with E-state index in [1.165, 1.54) is 30.3 Å². The number of halogens is 1. The number of hydrogen-bond acceptors (Lipinski definition) is 11. The highest BCUT2D eigenvalue weighted by molar-refractivity contribution is 6.03. The van der Waals surface area contributed by atoms with Gasteiger partial charge in [0.15, 0.2) is 0 Å². The molecule has 3 aliphatic rings. The van der Waals surface area contributed by atoms with Crippen molar-refractivity contribution in [1.82, 2.24) is 10.2 Å². The number of nitrogens with zero attached hydrogens (tertiary/aromatic N) is 3. The lowest BCUT2D eigenvalue weighted by Gasteiger charge is -2.60. The number of rotatable bonds is 22. The van der Waals surface area contributed by atoms with Crippen LogP contribution in [-0.2, 0) is 27.5 Å². The van der Waals surface area contributed by atoms with Crippen molar-refractivity contribution in [2.24, 2.45) is 22.9 Å². The van der Waals surface area contributed by atoms with Gasteiger partial charge in [-0.15, -0.1) is 6.58 Å². The second-order valence-electron chi connectivity index (χ2n) is 17.2. The predicted octanol–water partition coefficient (Wildman–Crippen LogP) is 9.42. The zero-order valence-corrected chi connectivity index (χ0v) is 38.2. The number of benzene rings is 4. The standard InChI is InChI=1S/C53H59FN4O10/c1-3-30-65-53-48(57(35-38-16-21-40(54)22-17-38)49(61)27-20-36-18-23-41(24-19-36)58(63)64)33-46(56-66-4-2)44-31-39(14-8-10-28-59)43(15-9-11-29-60)50(51(44)53)45-32-42(25-26-47(45)68-53)67-52(62)55-34-37-12-6-5-7-13-37/h3,5-7,12-13,16-27,31-32,39,43,48,50-51,59-60H,1,4,8-11,14-15,28-30,33-35H2,2H3,(H,55,62)/t39-,43+,48-,50+,51+,53+/m0/s1. The molecule has 1 aliphatic heterocycles. The van der Waals surface area contributed by atoms with E-state index >= 15 is 4.79 Å². The summed E-state index contributed by atoms with van der Waals surface area (Å²) >= 11 is 0. The summed E-state index contributed by atoms with van der Waals surface area (Å²) in [6, 6.07) is 25.6. The van der Waals surface area contributed by atoms with Crippen LogP contribution in [0.25, 0.3) is 6.08 Å². The van der Waals surface area contributed by atoms with E-state index in [9.17, 15) is 29.5 Å². The molecular formula is C53H59FN4O10. The monoisotopic (exact) mass is 930 g/mol. The number of hydrogen-bond donors (Lipinski definition) is 3. The molecule has 0 aromatic heterocycles. The number of nitro benzene ring substituents is 1. The molecule has 0 unspecified atom stereocenters. The second kappa shape index (κ2) is 23.4. The number of carbonyl (C=O) groups is 2. The number of carbonyl (C=O) groups excluding carboxylic acids is 2. The Labute approximate surface area is 395 Å². The number of aliphatic hydroxyl groups is 2. The van der Waals surface area contributed by atoms with Gasteiger partial charge < -0.3 is 39.5 Å². The number of amides is 2. The minimum Gasteiger partial charge on any atom is -0.459 e. The van der Waals surface area contributed by atoms with E-state index in [0.29, 0.717) is 54.0 Å². The Morgan fingerprint density at radius 3 is 2.41 bits per heavy atom. The number of allylic oxidation sites excluding steroid dienone is 1. The minimum absolute atomic E-state index is 0.00324. The number of unbranched alkanes of at least 4 members (excludes halogenated alkanes) is 2. The van der Waals surface area contributed by atoms with Crippen LogP contribution in [0.4, 0.5) is 14.9 Å². The molecule has 4 aromatic rings. The lowest BCUT2D eigenvalue weighted by Crippen LogP contribution is -2.70. The van der Waals surface area contributed by atoms with Gasteiger partial charge in [0, 0.05) is 62.4 Å². The first-order valence-electron chi connectivity index (χ1n) is 23.3. The van der Waals surface area contributed by atoms with Crippen LogP contribution in [0.5, 0.6) is 11.5 Å². The Morgan fingerprint density at radius 2 is 1.72 bits per heavy atom. The number of non-ortho nitro benzene ring substituents is 1. The number of fused-ring (bicyclic) bond motifs is 2. The molecule has 358 valence electrons. The summed E-state index contributed by atoms with van der Waals surface area (Å²) in [7, 11) is 0. The third-order valence-corrected chi connectivity index (χ3v) is 12.9. The van der Waals surface area contributed by atoms with Crippen molar-refractivity contribution in [2.75, 3.05) is 26.4 Å². The fourth-order valence-electron chi connectivity index (χ4n) is 9.87. The summed E-state index contributed by atoms with van der Waals surface area (Å²) in [4.78, 5) is 46.8. The van der Waals surface area contributed by atoms with Crippen LogP contribution in [0.3, 0.4) is 0 Å². The minimum atomic E-state index is -1.61. The Hall–Kier alpha value is -6.68. The molecule has 14 nitrogen and oxygen atoms in total. The summed E-state index contributed by atoms with van der Waals surface area (Å²) < 4.78 is 34.7. The van der Waals surface area contributed by atoms with Gasteiger partial charge in [-0.3, -0.25) is 14.9 Å². The first kappa shape index (κ1) is 49.2. The Kier molecular flexibility index (Phi) is 16.9. The van der Waals surface area contributed by atoms with Crippen LogP contribution in [0.2, 0.25) is 0 Å². The topological polar surface area (TPSA) is 182 Å². The molecular weight excluding hydrogens is 872 g/mol. The van der Waals surface area contributed by atoms with Crippen molar-refractivity contribution >= 4 is 29.5 Å². The van der Waals surface area contributed by atoms with Gasteiger partial charge in [-0.25, -0.2) is 9.18 Å². The van der Waals surface area contributed by atoms with Crippen molar-refractivity contribution in [1.29, 1.82) is 0 Å². The largest absolute Gasteiger partial charge is 0.459 e. The van der Waals surface area contributed by atoms with Gasteiger partial charge in [-0.1, -0.05) is 72.6 Å². The normalized spacial score (nSPS) is 22.0.